The second kappa shape index (κ2) is 17.7. The van der Waals surface area contributed by atoms with Crippen LogP contribution in [0.4, 0.5) is 10.5 Å². The van der Waals surface area contributed by atoms with Crippen LogP contribution in [0.1, 0.15) is 68.2 Å². The first-order valence-corrected chi connectivity index (χ1v) is 15.6. The van der Waals surface area contributed by atoms with Crippen LogP contribution in [-0.4, -0.2) is 68.7 Å². The summed E-state index contributed by atoms with van der Waals surface area (Å²) in [5.41, 5.74) is 11.8. The van der Waals surface area contributed by atoms with E-state index in [2.05, 4.69) is 59.4 Å². The van der Waals surface area contributed by atoms with Gasteiger partial charge in [-0.1, -0.05) is 56.7 Å². The Hall–Kier alpha value is -3.10. The largest absolute Gasteiger partial charge is 0.399 e. The van der Waals surface area contributed by atoms with E-state index in [0.717, 1.165) is 81.3 Å². The number of benzene rings is 2. The van der Waals surface area contributed by atoms with E-state index in [1.807, 2.05) is 30.1 Å². The fraction of sp³-hybridized carbons (Fsp3) is 0.576. The summed E-state index contributed by atoms with van der Waals surface area (Å²) in [6.45, 7) is 8.12. The van der Waals surface area contributed by atoms with Crippen molar-refractivity contribution < 1.29 is 9.59 Å². The molecule has 0 aliphatic carbocycles. The molecule has 1 aliphatic rings. The number of hydrogen-bond donors (Lipinski definition) is 5. The maximum atomic E-state index is 13.3. The maximum Gasteiger partial charge on any atom is 0.318 e. The van der Waals surface area contributed by atoms with Gasteiger partial charge in [-0.2, -0.15) is 0 Å². The van der Waals surface area contributed by atoms with Crippen LogP contribution in [0.25, 0.3) is 0 Å². The van der Waals surface area contributed by atoms with E-state index in [0.29, 0.717) is 32.1 Å². The lowest BCUT2D eigenvalue weighted by Gasteiger charge is -2.33. The summed E-state index contributed by atoms with van der Waals surface area (Å²) in [4.78, 5) is 28.4. The van der Waals surface area contributed by atoms with Crippen molar-refractivity contribution in [1.82, 2.24) is 26.2 Å². The van der Waals surface area contributed by atoms with Gasteiger partial charge in [-0.25, -0.2) is 4.79 Å². The fourth-order valence-electron chi connectivity index (χ4n) is 5.56. The van der Waals surface area contributed by atoms with Gasteiger partial charge in [0.2, 0.25) is 5.91 Å². The number of likely N-dealkylation sites (tertiary alicyclic amines) is 1. The molecule has 2 aromatic carbocycles. The minimum atomic E-state index is -0.607. The van der Waals surface area contributed by atoms with Gasteiger partial charge in [0.25, 0.3) is 0 Å². The Bertz CT molecular complexity index is 1080. The molecule has 8 heteroatoms. The second-order valence-electron chi connectivity index (χ2n) is 11.1. The Kier molecular flexibility index (Phi) is 14.0. The highest BCUT2D eigenvalue weighted by atomic mass is 16.2. The summed E-state index contributed by atoms with van der Waals surface area (Å²) in [5.74, 6) is -0.110. The third-order valence-corrected chi connectivity index (χ3v) is 8.15. The van der Waals surface area contributed by atoms with Crippen LogP contribution in [0.2, 0.25) is 0 Å². The molecule has 1 atom stereocenters. The predicted octanol–water partition coefficient (Wildman–Crippen LogP) is 3.82. The summed E-state index contributed by atoms with van der Waals surface area (Å²) >= 11 is 0. The zero-order chi connectivity index (χ0) is 29.5. The summed E-state index contributed by atoms with van der Waals surface area (Å²) < 4.78 is 0. The summed E-state index contributed by atoms with van der Waals surface area (Å²) in [6.07, 6.45) is 8.15. The number of aryl methyl sites for hydroxylation is 2. The molecule has 0 spiro atoms. The average molecular weight is 565 g/mol. The molecule has 0 saturated carbocycles. The minimum absolute atomic E-state index is 0.110. The lowest BCUT2D eigenvalue weighted by atomic mass is 9.96. The van der Waals surface area contributed by atoms with Crippen LogP contribution in [0.15, 0.2) is 42.5 Å². The SMILES string of the molecule is CCc1ccc(C[C@@H](NC(=O)N2CCC(NCCc3ccccc3N)CC2)C(=O)NCCCCCNC)cc1CC. The zero-order valence-corrected chi connectivity index (χ0v) is 25.4. The van der Waals surface area contributed by atoms with Gasteiger partial charge >= 0.3 is 6.03 Å². The number of carbonyl (C=O) groups is 2. The number of carbonyl (C=O) groups excluding carboxylic acids is 2. The van der Waals surface area contributed by atoms with Gasteiger partial charge in [-0.3, -0.25) is 4.79 Å². The van der Waals surface area contributed by atoms with Crippen LogP contribution >= 0.6 is 0 Å². The molecule has 226 valence electrons. The van der Waals surface area contributed by atoms with Crippen molar-refractivity contribution in [3.63, 3.8) is 0 Å². The van der Waals surface area contributed by atoms with Crippen molar-refractivity contribution in [2.24, 2.45) is 0 Å². The molecule has 2 aromatic rings. The third-order valence-electron chi connectivity index (χ3n) is 8.15. The number of nitrogens with zero attached hydrogens (tertiary/aromatic N) is 1. The van der Waals surface area contributed by atoms with Gasteiger partial charge in [-0.15, -0.1) is 0 Å². The quantitative estimate of drug-likeness (QED) is 0.157. The van der Waals surface area contributed by atoms with Crippen LogP contribution in [0.5, 0.6) is 0 Å². The number of urea groups is 1. The van der Waals surface area contributed by atoms with Gasteiger partial charge in [0, 0.05) is 37.8 Å². The molecule has 6 N–H and O–H groups in total. The number of nitrogens with two attached hydrogens (primary N) is 1. The zero-order valence-electron chi connectivity index (χ0n) is 25.4. The number of piperidine rings is 1. The molecular weight excluding hydrogens is 512 g/mol. The van der Waals surface area contributed by atoms with Gasteiger partial charge in [0.15, 0.2) is 0 Å². The monoisotopic (exact) mass is 564 g/mol. The van der Waals surface area contributed by atoms with E-state index >= 15 is 0 Å². The van der Waals surface area contributed by atoms with E-state index in [1.54, 1.807) is 0 Å². The fourth-order valence-corrected chi connectivity index (χ4v) is 5.56. The molecule has 1 fully saturated rings. The normalized spacial score (nSPS) is 14.6. The molecule has 41 heavy (non-hydrogen) atoms. The standard InChI is InChI=1S/C33H52N6O2/c1-4-26-14-13-25(23-27(26)5-2)24-31(32(40)37-19-10-6-9-18-35-3)38-33(41)39-21-16-29(17-22-39)36-20-15-28-11-7-8-12-30(28)34/h7-8,11-14,23,29,31,35-36H,4-6,9-10,15-22,24,34H2,1-3H3,(H,37,40)(H,38,41)/t31-/m1/s1. The van der Waals surface area contributed by atoms with Crippen LogP contribution < -0.4 is 27.0 Å². The summed E-state index contributed by atoms with van der Waals surface area (Å²) in [6, 6.07) is 14.1. The highest BCUT2D eigenvalue weighted by molar-refractivity contribution is 5.87. The Labute approximate surface area is 247 Å². The van der Waals surface area contributed by atoms with Crippen molar-refractivity contribution in [1.29, 1.82) is 0 Å². The lowest BCUT2D eigenvalue weighted by Crippen LogP contribution is -2.54. The molecule has 3 amide bonds. The molecule has 0 unspecified atom stereocenters. The Morgan fingerprint density at radius 2 is 1.66 bits per heavy atom. The molecule has 8 nitrogen and oxygen atoms in total. The topological polar surface area (TPSA) is 112 Å². The second-order valence-corrected chi connectivity index (χ2v) is 11.1. The number of unbranched alkanes of at least 4 members (excludes halogenated alkanes) is 2. The maximum absolute atomic E-state index is 13.3. The van der Waals surface area contributed by atoms with Crippen LogP contribution in [0.3, 0.4) is 0 Å². The average Bonchev–Trinajstić information content (AvgIpc) is 2.99. The predicted molar refractivity (Wildman–Crippen MR) is 169 cm³/mol. The third kappa shape index (κ3) is 10.7. The van der Waals surface area contributed by atoms with Crippen LogP contribution in [0, 0.1) is 0 Å². The van der Waals surface area contributed by atoms with Crippen molar-refractivity contribution in [2.45, 2.75) is 83.7 Å². The Morgan fingerprint density at radius 1 is 0.927 bits per heavy atom. The van der Waals surface area contributed by atoms with E-state index in [1.165, 1.54) is 11.1 Å². The van der Waals surface area contributed by atoms with Gasteiger partial charge in [0.1, 0.15) is 6.04 Å². The molecule has 3 rings (SSSR count). The number of para-hydroxylation sites is 1. The van der Waals surface area contributed by atoms with Crippen molar-refractivity contribution in [2.75, 3.05) is 45.5 Å². The van der Waals surface area contributed by atoms with Gasteiger partial charge in [-0.05, 0) is 93.4 Å². The van der Waals surface area contributed by atoms with Crippen molar-refractivity contribution in [3.05, 3.63) is 64.7 Å². The van der Waals surface area contributed by atoms with E-state index in [9.17, 15) is 9.59 Å². The first-order valence-electron chi connectivity index (χ1n) is 15.6. The number of hydrogen-bond acceptors (Lipinski definition) is 5. The van der Waals surface area contributed by atoms with E-state index < -0.39 is 6.04 Å². The Morgan fingerprint density at radius 3 is 2.37 bits per heavy atom. The highest BCUT2D eigenvalue weighted by Crippen LogP contribution is 2.17. The first kappa shape index (κ1) is 32.4. The van der Waals surface area contributed by atoms with Gasteiger partial charge in [0.05, 0.1) is 0 Å². The summed E-state index contributed by atoms with van der Waals surface area (Å²) in [7, 11) is 1.95. The van der Waals surface area contributed by atoms with Gasteiger partial charge < -0.3 is 31.9 Å². The number of anilines is 1. The molecule has 1 saturated heterocycles. The molecule has 0 bridgehead atoms. The number of rotatable bonds is 16. The van der Waals surface area contributed by atoms with Crippen molar-refractivity contribution in [3.8, 4) is 0 Å². The first-order chi connectivity index (χ1) is 19.9. The Balaban J connectivity index is 1.53. The lowest BCUT2D eigenvalue weighted by molar-refractivity contribution is -0.122. The molecular formula is C33H52N6O2. The van der Waals surface area contributed by atoms with E-state index in [-0.39, 0.29) is 11.9 Å². The highest BCUT2D eigenvalue weighted by Gasteiger charge is 2.27. The number of nitrogen functional groups attached to an aromatic ring is 1. The van der Waals surface area contributed by atoms with Crippen molar-refractivity contribution >= 4 is 17.6 Å². The smallest absolute Gasteiger partial charge is 0.318 e. The summed E-state index contributed by atoms with van der Waals surface area (Å²) in [5, 5.41) is 12.9. The molecule has 0 radical (unpaired) electrons. The minimum Gasteiger partial charge on any atom is -0.399 e. The molecule has 1 aliphatic heterocycles. The van der Waals surface area contributed by atoms with Crippen LogP contribution in [-0.2, 0) is 30.5 Å². The van der Waals surface area contributed by atoms with E-state index in [4.69, 9.17) is 5.73 Å². The molecule has 1 heterocycles. The molecule has 0 aromatic heterocycles. The number of nitrogens with one attached hydrogen (secondary N) is 4. The number of amides is 3.